The summed E-state index contributed by atoms with van der Waals surface area (Å²) in [5.41, 5.74) is 2.02. The van der Waals surface area contributed by atoms with Gasteiger partial charge in [0.15, 0.2) is 0 Å². The van der Waals surface area contributed by atoms with Gasteiger partial charge < -0.3 is 5.32 Å². The van der Waals surface area contributed by atoms with Gasteiger partial charge in [-0.2, -0.15) is 5.10 Å². The second-order valence-corrected chi connectivity index (χ2v) is 5.63. The molecule has 0 fully saturated rings. The largest absolute Gasteiger partial charge is 0.377 e. The number of para-hydroxylation sites is 2. The van der Waals surface area contributed by atoms with Crippen LogP contribution in [-0.2, 0) is 6.54 Å². The Kier molecular flexibility index (Phi) is 3.48. The SMILES string of the molecule is Clc1cnc(CNc2ccccc2-n2cccn2)s1. The van der Waals surface area contributed by atoms with Gasteiger partial charge in [0, 0.05) is 12.4 Å². The fourth-order valence-electron chi connectivity index (χ4n) is 1.77. The predicted molar refractivity (Wildman–Crippen MR) is 78.0 cm³/mol. The monoisotopic (exact) mass is 290 g/mol. The van der Waals surface area contributed by atoms with E-state index < -0.39 is 0 Å². The molecule has 0 aliphatic rings. The molecule has 0 spiro atoms. The van der Waals surface area contributed by atoms with Gasteiger partial charge >= 0.3 is 0 Å². The second-order valence-electron chi connectivity index (χ2n) is 3.88. The van der Waals surface area contributed by atoms with E-state index in [0.717, 1.165) is 16.4 Å². The van der Waals surface area contributed by atoms with Crippen LogP contribution in [0.15, 0.2) is 48.9 Å². The standard InChI is InChI=1S/C13H11ClN4S/c14-12-8-16-13(19-12)9-15-10-4-1-2-5-11(10)18-7-3-6-17-18/h1-8,15H,9H2. The van der Waals surface area contributed by atoms with Crippen LogP contribution in [0.1, 0.15) is 5.01 Å². The van der Waals surface area contributed by atoms with E-state index >= 15 is 0 Å². The zero-order valence-electron chi connectivity index (χ0n) is 9.95. The van der Waals surface area contributed by atoms with Crippen LogP contribution in [0.4, 0.5) is 5.69 Å². The van der Waals surface area contributed by atoms with Gasteiger partial charge in [-0.05, 0) is 18.2 Å². The molecule has 2 aromatic heterocycles. The van der Waals surface area contributed by atoms with Gasteiger partial charge in [-0.25, -0.2) is 9.67 Å². The van der Waals surface area contributed by atoms with Crippen molar-refractivity contribution in [3.8, 4) is 5.69 Å². The van der Waals surface area contributed by atoms with Crippen molar-refractivity contribution in [1.82, 2.24) is 14.8 Å². The minimum Gasteiger partial charge on any atom is -0.377 e. The van der Waals surface area contributed by atoms with Crippen LogP contribution in [-0.4, -0.2) is 14.8 Å². The number of rotatable bonds is 4. The van der Waals surface area contributed by atoms with Crippen LogP contribution in [0.2, 0.25) is 4.34 Å². The summed E-state index contributed by atoms with van der Waals surface area (Å²) in [7, 11) is 0. The number of nitrogens with zero attached hydrogens (tertiary/aromatic N) is 3. The molecule has 6 heteroatoms. The van der Waals surface area contributed by atoms with E-state index in [9.17, 15) is 0 Å². The van der Waals surface area contributed by atoms with Crippen LogP contribution in [0.25, 0.3) is 5.69 Å². The molecular weight excluding hydrogens is 280 g/mol. The fraction of sp³-hybridized carbons (Fsp3) is 0.0769. The molecule has 0 saturated carbocycles. The summed E-state index contributed by atoms with van der Waals surface area (Å²) in [5, 5.41) is 8.57. The van der Waals surface area contributed by atoms with Gasteiger partial charge in [0.25, 0.3) is 0 Å². The molecule has 96 valence electrons. The van der Waals surface area contributed by atoms with E-state index in [-0.39, 0.29) is 0 Å². The Morgan fingerprint density at radius 2 is 2.16 bits per heavy atom. The average Bonchev–Trinajstić information content (AvgIpc) is 3.08. The van der Waals surface area contributed by atoms with Crippen molar-refractivity contribution >= 4 is 28.6 Å². The van der Waals surface area contributed by atoms with Crippen molar-refractivity contribution in [3.05, 3.63) is 58.3 Å². The minimum absolute atomic E-state index is 0.648. The molecule has 0 bridgehead atoms. The lowest BCUT2D eigenvalue weighted by Crippen LogP contribution is -2.04. The average molecular weight is 291 g/mol. The number of nitrogens with one attached hydrogen (secondary N) is 1. The minimum atomic E-state index is 0.648. The highest BCUT2D eigenvalue weighted by atomic mass is 35.5. The fourth-order valence-corrected chi connectivity index (χ4v) is 2.67. The maximum absolute atomic E-state index is 5.87. The van der Waals surface area contributed by atoms with E-state index in [4.69, 9.17) is 11.6 Å². The lowest BCUT2D eigenvalue weighted by atomic mass is 10.2. The summed E-state index contributed by atoms with van der Waals surface area (Å²) in [4.78, 5) is 4.22. The molecule has 0 radical (unpaired) electrons. The number of hydrogen-bond donors (Lipinski definition) is 1. The van der Waals surface area contributed by atoms with E-state index in [2.05, 4.69) is 15.4 Å². The molecule has 1 N–H and O–H groups in total. The van der Waals surface area contributed by atoms with Crippen molar-refractivity contribution in [2.45, 2.75) is 6.54 Å². The van der Waals surface area contributed by atoms with Crippen LogP contribution in [0.3, 0.4) is 0 Å². The highest BCUT2D eigenvalue weighted by Crippen LogP contribution is 2.22. The Morgan fingerprint density at radius 3 is 2.89 bits per heavy atom. The number of thiazole rings is 1. The number of halogens is 1. The lowest BCUT2D eigenvalue weighted by Gasteiger charge is -2.10. The maximum Gasteiger partial charge on any atom is 0.113 e. The van der Waals surface area contributed by atoms with E-state index in [1.807, 2.05) is 41.2 Å². The number of anilines is 1. The second kappa shape index (κ2) is 5.42. The molecule has 0 aliphatic heterocycles. The van der Waals surface area contributed by atoms with Crippen molar-refractivity contribution in [2.24, 2.45) is 0 Å². The summed E-state index contributed by atoms with van der Waals surface area (Å²) in [5.74, 6) is 0. The van der Waals surface area contributed by atoms with Crippen molar-refractivity contribution in [1.29, 1.82) is 0 Å². The van der Waals surface area contributed by atoms with Gasteiger partial charge in [0.2, 0.25) is 0 Å². The Morgan fingerprint density at radius 1 is 1.26 bits per heavy atom. The zero-order valence-corrected chi connectivity index (χ0v) is 11.5. The third kappa shape index (κ3) is 2.77. The quantitative estimate of drug-likeness (QED) is 0.798. The first-order valence-corrected chi connectivity index (χ1v) is 6.95. The molecule has 3 aromatic rings. The van der Waals surface area contributed by atoms with Gasteiger partial charge in [0.05, 0.1) is 24.1 Å². The Hall–Kier alpha value is -1.85. The van der Waals surface area contributed by atoms with Crippen molar-refractivity contribution < 1.29 is 0 Å². The molecule has 0 aliphatic carbocycles. The summed E-state index contributed by atoms with van der Waals surface area (Å²) >= 11 is 7.35. The Labute approximate surface area is 119 Å². The normalized spacial score (nSPS) is 10.6. The van der Waals surface area contributed by atoms with Crippen LogP contribution >= 0.6 is 22.9 Å². The van der Waals surface area contributed by atoms with E-state index in [0.29, 0.717) is 10.9 Å². The van der Waals surface area contributed by atoms with Gasteiger partial charge in [-0.15, -0.1) is 11.3 Å². The molecular formula is C13H11ClN4S. The number of benzene rings is 1. The summed E-state index contributed by atoms with van der Waals surface area (Å²) in [6, 6.07) is 9.92. The maximum atomic E-state index is 5.87. The molecule has 19 heavy (non-hydrogen) atoms. The topological polar surface area (TPSA) is 42.7 Å². The van der Waals surface area contributed by atoms with Crippen molar-refractivity contribution in [2.75, 3.05) is 5.32 Å². The first-order chi connectivity index (χ1) is 9.33. The third-order valence-electron chi connectivity index (χ3n) is 2.61. The van der Waals surface area contributed by atoms with Crippen molar-refractivity contribution in [3.63, 3.8) is 0 Å². The van der Waals surface area contributed by atoms with Crippen LogP contribution in [0, 0.1) is 0 Å². The zero-order chi connectivity index (χ0) is 13.1. The van der Waals surface area contributed by atoms with E-state index in [1.165, 1.54) is 11.3 Å². The summed E-state index contributed by atoms with van der Waals surface area (Å²) < 4.78 is 2.54. The first-order valence-electron chi connectivity index (χ1n) is 5.76. The van der Waals surface area contributed by atoms with Crippen LogP contribution in [0.5, 0.6) is 0 Å². The Bertz CT molecular complexity index is 663. The first kappa shape index (κ1) is 12.2. The number of hydrogen-bond acceptors (Lipinski definition) is 4. The highest BCUT2D eigenvalue weighted by Gasteiger charge is 2.05. The third-order valence-corrected chi connectivity index (χ3v) is 3.73. The summed E-state index contributed by atoms with van der Waals surface area (Å²) in [6.07, 6.45) is 5.35. The predicted octanol–water partition coefficient (Wildman–Crippen LogP) is 3.59. The molecule has 0 unspecified atom stereocenters. The molecule has 3 rings (SSSR count). The summed E-state index contributed by atoms with van der Waals surface area (Å²) in [6.45, 7) is 0.648. The molecule has 0 amide bonds. The molecule has 2 heterocycles. The smallest absolute Gasteiger partial charge is 0.113 e. The molecule has 0 atom stereocenters. The van der Waals surface area contributed by atoms with Gasteiger partial charge in [-0.3, -0.25) is 0 Å². The Balaban J connectivity index is 1.81. The highest BCUT2D eigenvalue weighted by molar-refractivity contribution is 7.15. The molecule has 0 saturated heterocycles. The van der Waals surface area contributed by atoms with Gasteiger partial charge in [-0.1, -0.05) is 23.7 Å². The van der Waals surface area contributed by atoms with Gasteiger partial charge in [0.1, 0.15) is 9.34 Å². The number of aromatic nitrogens is 3. The van der Waals surface area contributed by atoms with E-state index in [1.54, 1.807) is 12.4 Å². The van der Waals surface area contributed by atoms with Crippen LogP contribution < -0.4 is 5.32 Å². The lowest BCUT2D eigenvalue weighted by molar-refractivity contribution is 0.879. The molecule has 1 aromatic carbocycles. The molecule has 4 nitrogen and oxygen atoms in total.